The van der Waals surface area contributed by atoms with E-state index in [0.717, 1.165) is 19.3 Å². The Bertz CT molecular complexity index is 209. The van der Waals surface area contributed by atoms with Crippen molar-refractivity contribution in [3.8, 4) is 0 Å². The molecule has 0 aromatic rings. The first-order valence-corrected chi connectivity index (χ1v) is 5.02. The zero-order valence-corrected chi connectivity index (χ0v) is 8.82. The Balaban J connectivity index is 2.26. The second-order valence-electron chi connectivity index (χ2n) is 4.77. The Hall–Kier alpha value is -0.770. The van der Waals surface area contributed by atoms with E-state index in [9.17, 15) is 4.79 Å². The van der Waals surface area contributed by atoms with Gasteiger partial charge in [-0.1, -0.05) is 0 Å². The number of amides is 1. The molecule has 3 N–H and O–H groups in total. The van der Waals surface area contributed by atoms with Crippen molar-refractivity contribution < 1.29 is 14.6 Å². The molecule has 0 bridgehead atoms. The maximum absolute atomic E-state index is 10.6. The first-order chi connectivity index (χ1) is 6.43. The van der Waals surface area contributed by atoms with Gasteiger partial charge in [0.25, 0.3) is 0 Å². The van der Waals surface area contributed by atoms with Crippen LogP contribution in [0, 0.1) is 11.8 Å². The minimum atomic E-state index is -0.715. The number of hydrogen-bond donors (Lipinski definition) is 2. The van der Waals surface area contributed by atoms with Crippen molar-refractivity contribution in [2.75, 3.05) is 6.61 Å². The van der Waals surface area contributed by atoms with Gasteiger partial charge in [-0.2, -0.15) is 0 Å². The Morgan fingerprint density at radius 2 is 2.07 bits per heavy atom. The summed E-state index contributed by atoms with van der Waals surface area (Å²) in [5.41, 5.74) is 4.49. The molecule has 1 rings (SSSR count). The third-order valence-electron chi connectivity index (χ3n) is 2.75. The molecule has 1 saturated carbocycles. The summed E-state index contributed by atoms with van der Waals surface area (Å²) >= 11 is 0. The van der Waals surface area contributed by atoms with Crippen LogP contribution < -0.4 is 5.73 Å². The molecular formula is C10H19NO3. The van der Waals surface area contributed by atoms with Crippen LogP contribution in [0.1, 0.15) is 33.1 Å². The van der Waals surface area contributed by atoms with Gasteiger partial charge in [-0.25, -0.2) is 4.79 Å². The molecule has 0 atom stereocenters. The van der Waals surface area contributed by atoms with Crippen LogP contribution in [-0.4, -0.2) is 23.4 Å². The number of carbonyl (C=O) groups is 1. The van der Waals surface area contributed by atoms with Crippen LogP contribution in [-0.2, 0) is 4.74 Å². The van der Waals surface area contributed by atoms with Crippen molar-refractivity contribution in [2.45, 2.75) is 38.7 Å². The molecule has 4 nitrogen and oxygen atoms in total. The predicted octanol–water partition coefficient (Wildman–Crippen LogP) is 1.27. The minimum Gasteiger partial charge on any atom is -0.444 e. The SMILES string of the molecule is CC(C)(C[C@H]1C[C@H](CO)C1)OC(N)=O. The summed E-state index contributed by atoms with van der Waals surface area (Å²) in [6, 6.07) is 0. The molecule has 0 unspecified atom stereocenters. The van der Waals surface area contributed by atoms with Gasteiger partial charge in [0.1, 0.15) is 5.60 Å². The van der Waals surface area contributed by atoms with Crippen LogP contribution >= 0.6 is 0 Å². The van der Waals surface area contributed by atoms with Crippen molar-refractivity contribution in [3.05, 3.63) is 0 Å². The number of hydrogen-bond acceptors (Lipinski definition) is 3. The summed E-state index contributed by atoms with van der Waals surface area (Å²) in [6.07, 6.45) is 2.17. The number of nitrogens with two attached hydrogens (primary N) is 1. The second-order valence-corrected chi connectivity index (χ2v) is 4.77. The number of primary amides is 1. The van der Waals surface area contributed by atoms with Gasteiger partial charge in [-0.15, -0.1) is 0 Å². The predicted molar refractivity (Wildman–Crippen MR) is 52.7 cm³/mol. The van der Waals surface area contributed by atoms with E-state index < -0.39 is 11.7 Å². The molecule has 1 fully saturated rings. The fourth-order valence-electron chi connectivity index (χ4n) is 2.20. The third-order valence-corrected chi connectivity index (χ3v) is 2.75. The second kappa shape index (κ2) is 4.17. The highest BCUT2D eigenvalue weighted by Crippen LogP contribution is 2.39. The number of carbonyl (C=O) groups excluding carboxylic acids is 1. The van der Waals surface area contributed by atoms with E-state index >= 15 is 0 Å². The Morgan fingerprint density at radius 3 is 2.50 bits per heavy atom. The monoisotopic (exact) mass is 201 g/mol. The molecular weight excluding hydrogens is 182 g/mol. The first-order valence-electron chi connectivity index (χ1n) is 5.02. The molecule has 14 heavy (non-hydrogen) atoms. The fraction of sp³-hybridized carbons (Fsp3) is 0.900. The lowest BCUT2D eigenvalue weighted by Gasteiger charge is -2.38. The van der Waals surface area contributed by atoms with E-state index in [1.165, 1.54) is 0 Å². The minimum absolute atomic E-state index is 0.271. The lowest BCUT2D eigenvalue weighted by Crippen LogP contribution is -2.37. The molecule has 0 saturated heterocycles. The number of aliphatic hydroxyl groups is 1. The average Bonchev–Trinajstić information content (AvgIpc) is 1.93. The summed E-state index contributed by atoms with van der Waals surface area (Å²) in [5, 5.41) is 8.84. The number of rotatable bonds is 4. The Kier molecular flexibility index (Phi) is 3.37. The molecule has 0 aromatic carbocycles. The smallest absolute Gasteiger partial charge is 0.405 e. The van der Waals surface area contributed by atoms with Gasteiger partial charge >= 0.3 is 6.09 Å². The van der Waals surface area contributed by atoms with E-state index in [2.05, 4.69) is 0 Å². The third kappa shape index (κ3) is 3.18. The lowest BCUT2D eigenvalue weighted by atomic mass is 9.71. The van der Waals surface area contributed by atoms with Gasteiger partial charge in [-0.05, 0) is 44.9 Å². The molecule has 1 aliphatic carbocycles. The molecule has 0 heterocycles. The van der Waals surface area contributed by atoms with Gasteiger partial charge in [0, 0.05) is 6.61 Å². The van der Waals surface area contributed by atoms with Gasteiger partial charge in [0.2, 0.25) is 0 Å². The molecule has 0 spiro atoms. The van der Waals surface area contributed by atoms with Gasteiger partial charge in [0.05, 0.1) is 0 Å². The topological polar surface area (TPSA) is 72.6 Å². The van der Waals surface area contributed by atoms with Crippen molar-refractivity contribution in [1.82, 2.24) is 0 Å². The van der Waals surface area contributed by atoms with E-state index in [1.807, 2.05) is 13.8 Å². The molecule has 0 aromatic heterocycles. The van der Waals surface area contributed by atoms with Crippen LogP contribution in [0.15, 0.2) is 0 Å². The molecule has 1 aliphatic rings. The van der Waals surface area contributed by atoms with Crippen molar-refractivity contribution in [2.24, 2.45) is 17.6 Å². The quantitative estimate of drug-likeness (QED) is 0.719. The zero-order valence-electron chi connectivity index (χ0n) is 8.82. The number of aliphatic hydroxyl groups excluding tert-OH is 1. The lowest BCUT2D eigenvalue weighted by molar-refractivity contribution is -0.00229. The van der Waals surface area contributed by atoms with Crippen LogP contribution in [0.3, 0.4) is 0 Å². The standard InChI is InChI=1S/C10H19NO3/c1-10(2,14-9(11)13)5-7-3-8(4-7)6-12/h7-8,12H,3-6H2,1-2H3,(H2,11,13)/t7-,8-. The van der Waals surface area contributed by atoms with E-state index in [4.69, 9.17) is 15.6 Å². The van der Waals surface area contributed by atoms with Crippen molar-refractivity contribution in [1.29, 1.82) is 0 Å². The van der Waals surface area contributed by atoms with Crippen LogP contribution in [0.2, 0.25) is 0 Å². The summed E-state index contributed by atoms with van der Waals surface area (Å²) < 4.78 is 4.99. The Labute approximate surface area is 84.4 Å². The van der Waals surface area contributed by atoms with Gasteiger partial charge < -0.3 is 15.6 Å². The first kappa shape index (κ1) is 11.3. The highest BCUT2D eigenvalue weighted by atomic mass is 16.6. The highest BCUT2D eigenvalue weighted by molar-refractivity contribution is 5.65. The maximum atomic E-state index is 10.6. The van der Waals surface area contributed by atoms with Crippen molar-refractivity contribution in [3.63, 3.8) is 0 Å². The fourth-order valence-corrected chi connectivity index (χ4v) is 2.20. The summed E-state index contributed by atoms with van der Waals surface area (Å²) in [4.78, 5) is 10.6. The van der Waals surface area contributed by atoms with Crippen molar-refractivity contribution >= 4 is 6.09 Å². The molecule has 1 amide bonds. The van der Waals surface area contributed by atoms with E-state index in [0.29, 0.717) is 11.8 Å². The maximum Gasteiger partial charge on any atom is 0.405 e. The summed E-state index contributed by atoms with van der Waals surface area (Å²) in [5.74, 6) is 1.01. The largest absolute Gasteiger partial charge is 0.444 e. The van der Waals surface area contributed by atoms with Crippen LogP contribution in [0.4, 0.5) is 4.79 Å². The normalized spacial score (nSPS) is 26.8. The molecule has 0 aliphatic heterocycles. The van der Waals surface area contributed by atoms with Crippen LogP contribution in [0.5, 0.6) is 0 Å². The summed E-state index contributed by atoms with van der Waals surface area (Å²) in [6.45, 7) is 4.00. The highest BCUT2D eigenvalue weighted by Gasteiger charge is 2.34. The average molecular weight is 201 g/mol. The number of ether oxygens (including phenoxy) is 1. The van der Waals surface area contributed by atoms with Gasteiger partial charge in [0.15, 0.2) is 0 Å². The van der Waals surface area contributed by atoms with Gasteiger partial charge in [-0.3, -0.25) is 0 Å². The molecule has 4 heteroatoms. The molecule has 0 radical (unpaired) electrons. The van der Waals surface area contributed by atoms with E-state index in [-0.39, 0.29) is 6.61 Å². The zero-order chi connectivity index (χ0) is 10.8. The van der Waals surface area contributed by atoms with E-state index in [1.54, 1.807) is 0 Å². The Morgan fingerprint density at radius 1 is 1.50 bits per heavy atom. The molecule has 82 valence electrons. The van der Waals surface area contributed by atoms with Crippen LogP contribution in [0.25, 0.3) is 0 Å². The summed E-state index contributed by atoms with van der Waals surface area (Å²) in [7, 11) is 0.